The third kappa shape index (κ3) is 3.94. The Kier molecular flexibility index (Phi) is 6.17. The predicted molar refractivity (Wildman–Crippen MR) is 95.9 cm³/mol. The van der Waals surface area contributed by atoms with Gasteiger partial charge in [-0.25, -0.2) is 0 Å². The van der Waals surface area contributed by atoms with Crippen LogP contribution in [0.25, 0.3) is 0 Å². The summed E-state index contributed by atoms with van der Waals surface area (Å²) < 4.78 is 0. The fourth-order valence-corrected chi connectivity index (χ4v) is 5.09. The van der Waals surface area contributed by atoms with Crippen LogP contribution in [0.5, 0.6) is 0 Å². The molecule has 0 saturated carbocycles. The molecule has 5 heteroatoms. The van der Waals surface area contributed by atoms with E-state index in [1.807, 2.05) is 0 Å². The van der Waals surface area contributed by atoms with Gasteiger partial charge in [0.1, 0.15) is 0 Å². The molecule has 0 radical (unpaired) electrons. The first kappa shape index (κ1) is 18.2. The van der Waals surface area contributed by atoms with Gasteiger partial charge in [0.05, 0.1) is 13.2 Å². The van der Waals surface area contributed by atoms with Gasteiger partial charge in [-0.2, -0.15) is 0 Å². The minimum atomic E-state index is 0.272. The molecule has 0 aromatic heterocycles. The van der Waals surface area contributed by atoms with Crippen molar-refractivity contribution in [2.75, 3.05) is 32.8 Å². The average molecular weight is 338 g/mol. The van der Waals surface area contributed by atoms with E-state index in [1.165, 1.54) is 25.7 Å². The van der Waals surface area contributed by atoms with Crippen molar-refractivity contribution in [1.82, 2.24) is 14.7 Å². The maximum Gasteiger partial charge on any atom is 0.237 e. The highest BCUT2D eigenvalue weighted by atomic mass is 16.3. The van der Waals surface area contributed by atoms with E-state index in [0.717, 1.165) is 38.9 Å². The number of nitrogens with zero attached hydrogens (tertiary/aromatic N) is 3. The summed E-state index contributed by atoms with van der Waals surface area (Å²) in [5.41, 5.74) is 0. The van der Waals surface area contributed by atoms with Crippen LogP contribution in [0.15, 0.2) is 0 Å². The Labute approximate surface area is 147 Å². The van der Waals surface area contributed by atoms with E-state index in [1.54, 1.807) is 0 Å². The summed E-state index contributed by atoms with van der Waals surface area (Å²) in [6, 6.07) is 1.60. The minimum Gasteiger partial charge on any atom is -0.395 e. The highest BCUT2D eigenvalue weighted by Gasteiger charge is 2.35. The first-order valence-corrected chi connectivity index (χ1v) is 10.00. The fourth-order valence-electron chi connectivity index (χ4n) is 5.09. The molecular formula is C19H35N3O2. The normalized spacial score (nSPS) is 35.7. The lowest BCUT2D eigenvalue weighted by molar-refractivity contribution is -0.138. The van der Waals surface area contributed by atoms with Crippen LogP contribution < -0.4 is 0 Å². The zero-order valence-electron chi connectivity index (χ0n) is 15.5. The van der Waals surface area contributed by atoms with Crippen molar-refractivity contribution in [1.29, 1.82) is 0 Å². The van der Waals surface area contributed by atoms with Gasteiger partial charge in [-0.15, -0.1) is 0 Å². The lowest BCUT2D eigenvalue weighted by Gasteiger charge is -2.40. The van der Waals surface area contributed by atoms with E-state index in [0.29, 0.717) is 36.6 Å². The summed E-state index contributed by atoms with van der Waals surface area (Å²) in [5, 5.41) is 9.53. The monoisotopic (exact) mass is 337 g/mol. The zero-order chi connectivity index (χ0) is 17.1. The average Bonchev–Trinajstić information content (AvgIpc) is 3.17. The second-order valence-corrected chi connectivity index (χ2v) is 8.17. The van der Waals surface area contributed by atoms with Gasteiger partial charge < -0.3 is 10.0 Å². The molecule has 1 amide bonds. The van der Waals surface area contributed by atoms with Crippen molar-refractivity contribution in [2.24, 2.45) is 0 Å². The first-order valence-electron chi connectivity index (χ1n) is 10.00. The van der Waals surface area contributed by atoms with Gasteiger partial charge in [0.15, 0.2) is 0 Å². The van der Waals surface area contributed by atoms with E-state index in [4.69, 9.17) is 0 Å². The van der Waals surface area contributed by atoms with Gasteiger partial charge in [-0.05, 0) is 71.9 Å². The van der Waals surface area contributed by atoms with Crippen LogP contribution >= 0.6 is 0 Å². The topological polar surface area (TPSA) is 47.0 Å². The van der Waals surface area contributed by atoms with Gasteiger partial charge in [-0.3, -0.25) is 14.6 Å². The Morgan fingerprint density at radius 3 is 2.21 bits per heavy atom. The molecule has 3 heterocycles. The maximum atomic E-state index is 12.9. The molecule has 3 aliphatic heterocycles. The summed E-state index contributed by atoms with van der Waals surface area (Å²) in [7, 11) is 0. The summed E-state index contributed by atoms with van der Waals surface area (Å²) in [4.78, 5) is 19.9. The maximum absolute atomic E-state index is 12.9. The molecule has 0 aromatic rings. The summed E-state index contributed by atoms with van der Waals surface area (Å²) >= 11 is 0. The number of carbonyl (C=O) groups is 1. The van der Waals surface area contributed by atoms with E-state index < -0.39 is 0 Å². The molecule has 0 aromatic carbocycles. The second kappa shape index (κ2) is 8.15. The molecule has 0 bridgehead atoms. The summed E-state index contributed by atoms with van der Waals surface area (Å²) in [5.74, 6) is 0.321. The third-order valence-electron chi connectivity index (χ3n) is 6.47. The highest BCUT2D eigenvalue weighted by molar-refractivity contribution is 5.79. The molecule has 3 aliphatic rings. The Morgan fingerprint density at radius 1 is 0.917 bits per heavy atom. The zero-order valence-corrected chi connectivity index (χ0v) is 15.5. The number of likely N-dealkylation sites (tertiary alicyclic amines) is 3. The molecule has 138 valence electrons. The van der Waals surface area contributed by atoms with Crippen LogP contribution in [0.3, 0.4) is 0 Å². The molecule has 4 unspecified atom stereocenters. The summed E-state index contributed by atoms with van der Waals surface area (Å²) in [6.45, 7) is 8.42. The largest absolute Gasteiger partial charge is 0.395 e. The van der Waals surface area contributed by atoms with Crippen molar-refractivity contribution in [3.05, 3.63) is 0 Å². The lowest BCUT2D eigenvalue weighted by Crippen LogP contribution is -2.52. The van der Waals surface area contributed by atoms with E-state index in [2.05, 4.69) is 28.5 Å². The van der Waals surface area contributed by atoms with E-state index in [9.17, 15) is 9.90 Å². The van der Waals surface area contributed by atoms with E-state index in [-0.39, 0.29) is 6.61 Å². The molecule has 3 rings (SSSR count). The molecule has 0 aliphatic carbocycles. The smallest absolute Gasteiger partial charge is 0.237 e. The molecule has 0 spiro atoms. The van der Waals surface area contributed by atoms with Crippen molar-refractivity contribution in [3.8, 4) is 0 Å². The molecule has 24 heavy (non-hydrogen) atoms. The van der Waals surface area contributed by atoms with Crippen molar-refractivity contribution >= 4 is 5.91 Å². The number of piperidine rings is 1. The van der Waals surface area contributed by atoms with Crippen molar-refractivity contribution in [3.63, 3.8) is 0 Å². The van der Waals surface area contributed by atoms with Crippen LogP contribution in [0.4, 0.5) is 0 Å². The first-order chi connectivity index (χ1) is 11.6. The van der Waals surface area contributed by atoms with Gasteiger partial charge in [0, 0.05) is 30.7 Å². The van der Waals surface area contributed by atoms with Gasteiger partial charge in [0.2, 0.25) is 5.91 Å². The van der Waals surface area contributed by atoms with Gasteiger partial charge in [-0.1, -0.05) is 0 Å². The Balaban J connectivity index is 1.56. The van der Waals surface area contributed by atoms with Crippen LogP contribution in [0, 0.1) is 0 Å². The highest BCUT2D eigenvalue weighted by Crippen LogP contribution is 2.26. The molecule has 4 atom stereocenters. The Bertz CT molecular complexity index is 421. The van der Waals surface area contributed by atoms with Gasteiger partial charge in [0.25, 0.3) is 0 Å². The minimum absolute atomic E-state index is 0.272. The van der Waals surface area contributed by atoms with Gasteiger partial charge >= 0.3 is 0 Å². The van der Waals surface area contributed by atoms with Crippen LogP contribution in [0.2, 0.25) is 0 Å². The quantitative estimate of drug-likeness (QED) is 0.829. The number of aliphatic hydroxyl groups excluding tert-OH is 1. The fraction of sp³-hybridized carbons (Fsp3) is 0.947. The number of aliphatic hydroxyl groups is 1. The molecule has 1 N–H and O–H groups in total. The molecule has 5 nitrogen and oxygen atoms in total. The lowest BCUT2D eigenvalue weighted by atomic mass is 9.97. The molecule has 3 saturated heterocycles. The Hall–Kier alpha value is -0.650. The number of hydrogen-bond donors (Lipinski definition) is 1. The van der Waals surface area contributed by atoms with Crippen LogP contribution in [0.1, 0.15) is 58.8 Å². The van der Waals surface area contributed by atoms with Crippen molar-refractivity contribution in [2.45, 2.75) is 83.0 Å². The van der Waals surface area contributed by atoms with Crippen LogP contribution in [-0.4, -0.2) is 82.7 Å². The number of carbonyl (C=O) groups excluding carboxylic acids is 1. The molecule has 3 fully saturated rings. The number of rotatable bonds is 5. The SMILES string of the molecule is CC1CCCC(C)N1C(=O)CN1CCCC1CN1CCCC1CO. The summed E-state index contributed by atoms with van der Waals surface area (Å²) in [6.07, 6.45) is 8.23. The standard InChI is InChI=1S/C19H35N3O2/c1-15-6-3-7-16(2)22(15)19(24)13-21-11-4-8-17(21)12-20-10-5-9-18(20)14-23/h15-18,23H,3-14H2,1-2H3. The Morgan fingerprint density at radius 2 is 1.54 bits per heavy atom. The van der Waals surface area contributed by atoms with Crippen LogP contribution in [-0.2, 0) is 4.79 Å². The number of amides is 1. The predicted octanol–water partition coefficient (Wildman–Crippen LogP) is 1.70. The second-order valence-electron chi connectivity index (χ2n) is 8.17. The third-order valence-corrected chi connectivity index (χ3v) is 6.47. The van der Waals surface area contributed by atoms with Crippen molar-refractivity contribution < 1.29 is 9.90 Å². The number of hydrogen-bond acceptors (Lipinski definition) is 4. The molecular weight excluding hydrogens is 302 g/mol. The van der Waals surface area contributed by atoms with E-state index >= 15 is 0 Å².